The van der Waals surface area contributed by atoms with Crippen LogP contribution in [0.3, 0.4) is 0 Å². The molecule has 3 N–H and O–H groups in total. The maximum Gasteiger partial charge on any atom is 0.264 e. The third-order valence-electron chi connectivity index (χ3n) is 6.06. The standard InChI is InChI=1S/C24H28N6O3/c1-16-3-5-17(6-4-16)20-19(13-18(14-25)24(32)29-8-11-33-12-9-29)30(7-2-10-31)23-21(20)22(26)27-15-28-23/h3,5,13,15,31H,2,4,6-12H2,1H3,(H2,26,27,28). The van der Waals surface area contributed by atoms with Crippen molar-refractivity contribution in [3.63, 3.8) is 0 Å². The van der Waals surface area contributed by atoms with Gasteiger partial charge in [-0.3, -0.25) is 4.79 Å². The van der Waals surface area contributed by atoms with Gasteiger partial charge in [-0.25, -0.2) is 9.97 Å². The van der Waals surface area contributed by atoms with Crippen LogP contribution >= 0.6 is 0 Å². The number of rotatable bonds is 6. The molecule has 33 heavy (non-hydrogen) atoms. The number of nitrogen functional groups attached to an aromatic ring is 1. The fourth-order valence-electron chi connectivity index (χ4n) is 4.31. The Morgan fingerprint density at radius 3 is 2.76 bits per heavy atom. The van der Waals surface area contributed by atoms with Crippen LogP contribution in [0.15, 0.2) is 29.6 Å². The molecule has 9 nitrogen and oxygen atoms in total. The summed E-state index contributed by atoms with van der Waals surface area (Å²) in [6, 6.07) is 2.09. The number of allylic oxidation sites excluding steroid dienone is 4. The summed E-state index contributed by atoms with van der Waals surface area (Å²) >= 11 is 0. The molecule has 0 bridgehead atoms. The van der Waals surface area contributed by atoms with E-state index in [1.165, 1.54) is 11.9 Å². The summed E-state index contributed by atoms with van der Waals surface area (Å²) < 4.78 is 7.26. The van der Waals surface area contributed by atoms with E-state index in [1.54, 1.807) is 11.0 Å². The van der Waals surface area contributed by atoms with E-state index in [4.69, 9.17) is 10.5 Å². The van der Waals surface area contributed by atoms with Crippen molar-refractivity contribution < 1.29 is 14.6 Å². The van der Waals surface area contributed by atoms with Crippen molar-refractivity contribution in [3.8, 4) is 6.07 Å². The lowest BCUT2D eigenvalue weighted by Crippen LogP contribution is -2.41. The van der Waals surface area contributed by atoms with Gasteiger partial charge in [-0.2, -0.15) is 5.26 Å². The van der Waals surface area contributed by atoms with Gasteiger partial charge in [-0.15, -0.1) is 0 Å². The number of carbonyl (C=O) groups is 1. The first kappa shape index (κ1) is 22.7. The molecule has 2 aliphatic rings. The number of hydrogen-bond donors (Lipinski definition) is 2. The molecule has 0 unspecified atom stereocenters. The molecule has 9 heteroatoms. The SMILES string of the molecule is CC1=CC=C(c2c(C=C(C#N)C(=O)N3CCOCC3)n(CCCO)c3ncnc(N)c23)CC1. The Balaban J connectivity index is 1.94. The maximum atomic E-state index is 13.1. The van der Waals surface area contributed by atoms with E-state index in [9.17, 15) is 15.2 Å². The van der Waals surface area contributed by atoms with Gasteiger partial charge in [0, 0.05) is 31.8 Å². The lowest BCUT2D eigenvalue weighted by molar-refractivity contribution is -0.130. The number of nitrogens with zero attached hydrogens (tertiary/aromatic N) is 5. The first-order valence-electron chi connectivity index (χ1n) is 11.1. The van der Waals surface area contributed by atoms with Gasteiger partial charge in [-0.05, 0) is 37.8 Å². The predicted molar refractivity (Wildman–Crippen MR) is 126 cm³/mol. The highest BCUT2D eigenvalue weighted by molar-refractivity contribution is 6.06. The minimum atomic E-state index is -0.321. The second kappa shape index (κ2) is 9.98. The van der Waals surface area contributed by atoms with Crippen molar-refractivity contribution in [2.24, 2.45) is 0 Å². The van der Waals surface area contributed by atoms with Crippen molar-refractivity contribution in [1.29, 1.82) is 5.26 Å². The van der Waals surface area contributed by atoms with E-state index in [-0.39, 0.29) is 18.1 Å². The number of morpholine rings is 1. The van der Waals surface area contributed by atoms with E-state index in [1.807, 2.05) is 4.57 Å². The number of nitriles is 1. The molecular formula is C24H28N6O3. The summed E-state index contributed by atoms with van der Waals surface area (Å²) in [6.45, 7) is 4.36. The van der Waals surface area contributed by atoms with Crippen LogP contribution in [0.4, 0.5) is 5.82 Å². The van der Waals surface area contributed by atoms with E-state index in [0.717, 1.165) is 24.0 Å². The summed E-state index contributed by atoms with van der Waals surface area (Å²) in [5.74, 6) is 0.0238. The Bertz CT molecular complexity index is 1190. The number of amides is 1. The average Bonchev–Trinajstić information content (AvgIpc) is 3.15. The largest absolute Gasteiger partial charge is 0.396 e. The molecule has 1 aliphatic carbocycles. The van der Waals surface area contributed by atoms with E-state index in [0.29, 0.717) is 61.8 Å². The number of nitrogens with two attached hydrogens (primary N) is 1. The van der Waals surface area contributed by atoms with Crippen molar-refractivity contribution in [3.05, 3.63) is 40.9 Å². The minimum absolute atomic E-state index is 0.00116. The molecule has 4 rings (SSSR count). The Kier molecular flexibility index (Phi) is 6.87. The second-order valence-electron chi connectivity index (χ2n) is 8.23. The summed E-state index contributed by atoms with van der Waals surface area (Å²) in [6.07, 6.45) is 9.38. The first-order valence-corrected chi connectivity index (χ1v) is 11.1. The van der Waals surface area contributed by atoms with Crippen LogP contribution in [-0.2, 0) is 16.1 Å². The molecule has 0 radical (unpaired) electrons. The van der Waals surface area contributed by atoms with Crippen molar-refractivity contribution in [1.82, 2.24) is 19.4 Å². The maximum absolute atomic E-state index is 13.1. The Morgan fingerprint density at radius 1 is 1.30 bits per heavy atom. The number of fused-ring (bicyclic) bond motifs is 1. The molecule has 0 atom stereocenters. The molecule has 0 spiro atoms. The van der Waals surface area contributed by atoms with Gasteiger partial charge in [0.2, 0.25) is 0 Å². The normalized spacial score (nSPS) is 17.0. The lowest BCUT2D eigenvalue weighted by Gasteiger charge is -2.26. The third kappa shape index (κ3) is 4.53. The smallest absolute Gasteiger partial charge is 0.264 e. The highest BCUT2D eigenvalue weighted by Crippen LogP contribution is 2.39. The fourth-order valence-corrected chi connectivity index (χ4v) is 4.31. The number of aryl methyl sites for hydroxylation is 1. The molecule has 172 valence electrons. The summed E-state index contributed by atoms with van der Waals surface area (Å²) in [7, 11) is 0. The van der Waals surface area contributed by atoms with Crippen LogP contribution in [0, 0.1) is 11.3 Å². The Hall–Kier alpha value is -3.48. The third-order valence-corrected chi connectivity index (χ3v) is 6.06. The summed E-state index contributed by atoms with van der Waals surface area (Å²) in [5, 5.41) is 20.1. The van der Waals surface area contributed by atoms with Crippen molar-refractivity contribution in [2.45, 2.75) is 32.7 Å². The molecule has 0 aromatic carbocycles. The fraction of sp³-hybridized carbons (Fsp3) is 0.417. The second-order valence-corrected chi connectivity index (χ2v) is 8.23. The van der Waals surface area contributed by atoms with Gasteiger partial charge >= 0.3 is 0 Å². The van der Waals surface area contributed by atoms with Gasteiger partial charge in [0.15, 0.2) is 0 Å². The van der Waals surface area contributed by atoms with Gasteiger partial charge in [-0.1, -0.05) is 17.7 Å². The number of hydrogen-bond acceptors (Lipinski definition) is 7. The van der Waals surface area contributed by atoms with E-state index < -0.39 is 0 Å². The highest BCUT2D eigenvalue weighted by Gasteiger charge is 2.26. The number of carbonyl (C=O) groups excluding carboxylic acids is 1. The lowest BCUT2D eigenvalue weighted by atomic mass is 9.92. The Labute approximate surface area is 192 Å². The zero-order valence-corrected chi connectivity index (χ0v) is 18.8. The number of aliphatic hydroxyl groups excluding tert-OH is 1. The summed E-state index contributed by atoms with van der Waals surface area (Å²) in [5.41, 5.74) is 10.8. The molecular weight excluding hydrogens is 420 g/mol. The molecule has 1 aliphatic heterocycles. The molecule has 3 heterocycles. The van der Waals surface area contributed by atoms with Crippen LogP contribution in [-0.4, -0.2) is 63.4 Å². The quantitative estimate of drug-likeness (QED) is 0.512. The van der Waals surface area contributed by atoms with E-state index >= 15 is 0 Å². The van der Waals surface area contributed by atoms with Crippen LogP contribution in [0.2, 0.25) is 0 Å². The van der Waals surface area contributed by atoms with Crippen molar-refractivity contribution >= 4 is 34.4 Å². The van der Waals surface area contributed by atoms with Gasteiger partial charge < -0.3 is 25.0 Å². The molecule has 1 amide bonds. The number of aromatic nitrogens is 3. The topological polar surface area (TPSA) is 130 Å². The van der Waals surface area contributed by atoms with Crippen LogP contribution in [0.5, 0.6) is 0 Å². The van der Waals surface area contributed by atoms with Crippen LogP contribution in [0.25, 0.3) is 22.7 Å². The average molecular weight is 449 g/mol. The minimum Gasteiger partial charge on any atom is -0.396 e. The van der Waals surface area contributed by atoms with Crippen molar-refractivity contribution in [2.75, 3.05) is 38.6 Å². The van der Waals surface area contributed by atoms with Gasteiger partial charge in [0.1, 0.15) is 29.4 Å². The van der Waals surface area contributed by atoms with Gasteiger partial charge in [0.25, 0.3) is 5.91 Å². The molecule has 0 saturated carbocycles. The predicted octanol–water partition coefficient (Wildman–Crippen LogP) is 2.29. The first-order chi connectivity index (χ1) is 16.0. The van der Waals surface area contributed by atoms with Crippen LogP contribution in [0.1, 0.15) is 37.4 Å². The zero-order chi connectivity index (χ0) is 23.4. The number of ether oxygens (including phenoxy) is 1. The molecule has 1 fully saturated rings. The zero-order valence-electron chi connectivity index (χ0n) is 18.8. The molecule has 1 saturated heterocycles. The van der Waals surface area contributed by atoms with E-state index in [2.05, 4.69) is 35.1 Å². The monoisotopic (exact) mass is 448 g/mol. The highest BCUT2D eigenvalue weighted by atomic mass is 16.5. The molecule has 2 aromatic heterocycles. The number of aliphatic hydroxyl groups is 1. The molecule has 2 aromatic rings. The number of anilines is 1. The Morgan fingerprint density at radius 2 is 2.09 bits per heavy atom. The van der Waals surface area contributed by atoms with Crippen LogP contribution < -0.4 is 5.73 Å². The summed E-state index contributed by atoms with van der Waals surface area (Å²) in [4.78, 5) is 23.4. The van der Waals surface area contributed by atoms with Gasteiger partial charge in [0.05, 0.1) is 24.3 Å².